The molecule has 4 nitrogen and oxygen atoms in total. The molecule has 0 aliphatic heterocycles. The van der Waals surface area contributed by atoms with Crippen molar-refractivity contribution < 1.29 is 4.79 Å². The predicted molar refractivity (Wildman–Crippen MR) is 61.3 cm³/mol. The van der Waals surface area contributed by atoms with Crippen LogP contribution in [0, 0.1) is 5.41 Å². The molecule has 0 saturated heterocycles. The lowest BCUT2D eigenvalue weighted by atomic mass is 10.4. The van der Waals surface area contributed by atoms with Crippen molar-refractivity contribution in [2.24, 2.45) is 5.73 Å². The standard InChI is InChI=1S/C9H15N3OS/c1-3-5-12(6-4-2)8(13)7-14-9(10)11/h3-4H,1-2,5-7H2,(H3,10,11). The van der Waals surface area contributed by atoms with Crippen molar-refractivity contribution in [3.63, 3.8) is 0 Å². The summed E-state index contributed by atoms with van der Waals surface area (Å²) in [5, 5.41) is 6.92. The fraction of sp³-hybridized carbons (Fsp3) is 0.333. The van der Waals surface area contributed by atoms with Crippen LogP contribution in [0.3, 0.4) is 0 Å². The van der Waals surface area contributed by atoms with E-state index in [0.29, 0.717) is 13.1 Å². The minimum absolute atomic E-state index is 0.0458. The third kappa shape index (κ3) is 5.42. The Hall–Kier alpha value is -1.23. The SMILES string of the molecule is C=CCN(CC=C)C(=O)CSC(=N)N. The molecule has 0 radical (unpaired) electrons. The lowest BCUT2D eigenvalue weighted by molar-refractivity contribution is -0.127. The summed E-state index contributed by atoms with van der Waals surface area (Å²) in [4.78, 5) is 13.1. The Balaban J connectivity index is 4.06. The number of thioether (sulfide) groups is 1. The summed E-state index contributed by atoms with van der Waals surface area (Å²) in [7, 11) is 0. The molecule has 0 aromatic carbocycles. The highest BCUT2D eigenvalue weighted by Gasteiger charge is 2.10. The third-order valence-electron chi connectivity index (χ3n) is 1.40. The van der Waals surface area contributed by atoms with Crippen LogP contribution >= 0.6 is 11.8 Å². The normalized spacial score (nSPS) is 9.14. The van der Waals surface area contributed by atoms with Crippen LogP contribution in [0.4, 0.5) is 0 Å². The Morgan fingerprint density at radius 2 is 1.93 bits per heavy atom. The van der Waals surface area contributed by atoms with Crippen LogP contribution in [-0.4, -0.2) is 34.8 Å². The van der Waals surface area contributed by atoms with Crippen molar-refractivity contribution in [2.75, 3.05) is 18.8 Å². The molecular weight excluding hydrogens is 198 g/mol. The maximum absolute atomic E-state index is 11.5. The van der Waals surface area contributed by atoms with Crippen molar-refractivity contribution in [1.29, 1.82) is 5.41 Å². The Morgan fingerprint density at radius 3 is 2.29 bits per heavy atom. The van der Waals surface area contributed by atoms with Crippen molar-refractivity contribution in [1.82, 2.24) is 4.90 Å². The van der Waals surface area contributed by atoms with Gasteiger partial charge in [0, 0.05) is 13.1 Å². The summed E-state index contributed by atoms with van der Waals surface area (Å²) in [6, 6.07) is 0. The second-order valence-corrected chi connectivity index (χ2v) is 3.55. The van der Waals surface area contributed by atoms with Crippen LogP contribution < -0.4 is 5.73 Å². The summed E-state index contributed by atoms with van der Waals surface area (Å²) < 4.78 is 0. The van der Waals surface area contributed by atoms with Gasteiger partial charge in [0.1, 0.15) is 0 Å². The van der Waals surface area contributed by atoms with Gasteiger partial charge in [-0.1, -0.05) is 23.9 Å². The van der Waals surface area contributed by atoms with E-state index < -0.39 is 0 Å². The summed E-state index contributed by atoms with van der Waals surface area (Å²) in [5.74, 6) is 0.127. The Bertz CT molecular complexity index is 230. The minimum atomic E-state index is -0.0648. The van der Waals surface area contributed by atoms with Gasteiger partial charge < -0.3 is 10.6 Å². The van der Waals surface area contributed by atoms with E-state index in [9.17, 15) is 4.79 Å². The second kappa shape index (κ2) is 7.20. The topological polar surface area (TPSA) is 70.2 Å². The number of nitrogens with two attached hydrogens (primary N) is 1. The van der Waals surface area contributed by atoms with Crippen molar-refractivity contribution in [2.45, 2.75) is 0 Å². The van der Waals surface area contributed by atoms with Crippen molar-refractivity contribution in [3.8, 4) is 0 Å². The third-order valence-corrected chi connectivity index (χ3v) is 2.11. The molecule has 78 valence electrons. The van der Waals surface area contributed by atoms with Gasteiger partial charge in [-0.2, -0.15) is 0 Å². The number of rotatable bonds is 6. The smallest absolute Gasteiger partial charge is 0.233 e. The fourth-order valence-electron chi connectivity index (χ4n) is 0.821. The van der Waals surface area contributed by atoms with E-state index >= 15 is 0 Å². The van der Waals surface area contributed by atoms with Gasteiger partial charge in [-0.3, -0.25) is 10.2 Å². The van der Waals surface area contributed by atoms with E-state index in [1.165, 1.54) is 0 Å². The van der Waals surface area contributed by atoms with Gasteiger partial charge in [-0.25, -0.2) is 0 Å². The van der Waals surface area contributed by atoms with Crippen LogP contribution in [0.2, 0.25) is 0 Å². The molecule has 0 rings (SSSR count). The quantitative estimate of drug-likeness (QED) is 0.390. The molecule has 0 atom stereocenters. The highest BCUT2D eigenvalue weighted by molar-refractivity contribution is 8.14. The van der Waals surface area contributed by atoms with Crippen LogP contribution in [0.5, 0.6) is 0 Å². The molecule has 1 amide bonds. The molecule has 5 heteroatoms. The largest absolute Gasteiger partial charge is 0.379 e. The van der Waals surface area contributed by atoms with Gasteiger partial charge in [0.15, 0.2) is 5.17 Å². The average Bonchev–Trinajstić information content (AvgIpc) is 2.14. The first-order chi connectivity index (χ1) is 6.61. The molecule has 0 aliphatic carbocycles. The van der Waals surface area contributed by atoms with Gasteiger partial charge >= 0.3 is 0 Å². The molecule has 3 N–H and O–H groups in total. The van der Waals surface area contributed by atoms with Crippen molar-refractivity contribution >= 4 is 22.8 Å². The van der Waals surface area contributed by atoms with Crippen LogP contribution in [-0.2, 0) is 4.79 Å². The summed E-state index contributed by atoms with van der Waals surface area (Å²) in [6.07, 6.45) is 3.31. The maximum atomic E-state index is 11.5. The Kier molecular flexibility index (Phi) is 6.57. The fourth-order valence-corrected chi connectivity index (χ4v) is 1.28. The zero-order valence-corrected chi connectivity index (χ0v) is 8.85. The molecule has 0 unspecified atom stereocenters. The summed E-state index contributed by atoms with van der Waals surface area (Å²) >= 11 is 1.02. The molecule has 0 aliphatic rings. The number of nitrogens with zero attached hydrogens (tertiary/aromatic N) is 1. The predicted octanol–water partition coefficient (Wildman–Crippen LogP) is 0.814. The number of nitrogens with one attached hydrogen (secondary N) is 1. The van der Waals surface area contributed by atoms with Gasteiger partial charge in [-0.15, -0.1) is 13.2 Å². The van der Waals surface area contributed by atoms with Gasteiger partial charge in [-0.05, 0) is 0 Å². The van der Waals surface area contributed by atoms with E-state index in [-0.39, 0.29) is 16.8 Å². The number of amides is 1. The minimum Gasteiger partial charge on any atom is -0.379 e. The lowest BCUT2D eigenvalue weighted by Gasteiger charge is -2.18. The molecule has 0 spiro atoms. The number of hydrogen-bond donors (Lipinski definition) is 2. The Morgan fingerprint density at radius 1 is 1.43 bits per heavy atom. The van der Waals surface area contributed by atoms with Gasteiger partial charge in [0.2, 0.25) is 5.91 Å². The highest BCUT2D eigenvalue weighted by Crippen LogP contribution is 2.01. The van der Waals surface area contributed by atoms with Crippen LogP contribution in [0.1, 0.15) is 0 Å². The molecule has 0 fully saturated rings. The number of amidine groups is 1. The molecule has 0 saturated carbocycles. The first-order valence-electron chi connectivity index (χ1n) is 4.08. The molecule has 14 heavy (non-hydrogen) atoms. The van der Waals surface area contributed by atoms with Crippen LogP contribution in [0.15, 0.2) is 25.3 Å². The van der Waals surface area contributed by atoms with E-state index in [4.69, 9.17) is 11.1 Å². The van der Waals surface area contributed by atoms with Gasteiger partial charge in [0.25, 0.3) is 0 Å². The Labute approximate surface area is 88.3 Å². The zero-order chi connectivity index (χ0) is 11.0. The lowest BCUT2D eigenvalue weighted by Crippen LogP contribution is -2.33. The van der Waals surface area contributed by atoms with Crippen molar-refractivity contribution in [3.05, 3.63) is 25.3 Å². The van der Waals surface area contributed by atoms with E-state index in [0.717, 1.165) is 11.8 Å². The van der Waals surface area contributed by atoms with E-state index in [1.807, 2.05) is 0 Å². The van der Waals surface area contributed by atoms with Crippen LogP contribution in [0.25, 0.3) is 0 Å². The molecule has 0 aromatic heterocycles. The monoisotopic (exact) mass is 213 g/mol. The summed E-state index contributed by atoms with van der Waals surface area (Å²) in [6.45, 7) is 8.10. The van der Waals surface area contributed by atoms with Gasteiger partial charge in [0.05, 0.1) is 5.75 Å². The van der Waals surface area contributed by atoms with E-state index in [2.05, 4.69) is 13.2 Å². The maximum Gasteiger partial charge on any atom is 0.233 e. The molecule has 0 bridgehead atoms. The molecular formula is C9H15N3OS. The van der Waals surface area contributed by atoms with E-state index in [1.54, 1.807) is 17.1 Å². The highest BCUT2D eigenvalue weighted by atomic mass is 32.2. The molecule has 0 heterocycles. The zero-order valence-electron chi connectivity index (χ0n) is 8.03. The average molecular weight is 213 g/mol. The first-order valence-corrected chi connectivity index (χ1v) is 5.06. The number of carbonyl (C=O) groups excluding carboxylic acids is 1. The number of carbonyl (C=O) groups is 1. The first kappa shape index (κ1) is 12.8. The summed E-state index contributed by atoms with van der Waals surface area (Å²) in [5.41, 5.74) is 5.12. The second-order valence-electron chi connectivity index (χ2n) is 2.53. The number of hydrogen-bond acceptors (Lipinski definition) is 3. The molecule has 0 aromatic rings.